The van der Waals surface area contributed by atoms with Crippen LogP contribution < -0.4 is 10.6 Å². The highest BCUT2D eigenvalue weighted by Crippen LogP contribution is 2.36. The van der Waals surface area contributed by atoms with Crippen LogP contribution in [0.3, 0.4) is 0 Å². The normalized spacial score (nSPS) is 18.5. The third-order valence-corrected chi connectivity index (χ3v) is 6.46. The Hall–Kier alpha value is -3.04. The Balaban J connectivity index is 1.50. The molecule has 1 fully saturated rings. The van der Waals surface area contributed by atoms with Crippen molar-refractivity contribution in [2.75, 3.05) is 17.2 Å². The number of hydrogen-bond acceptors (Lipinski definition) is 9. The van der Waals surface area contributed by atoms with Crippen molar-refractivity contribution in [3.8, 4) is 11.3 Å². The Morgan fingerprint density at radius 1 is 1.26 bits per heavy atom. The molecule has 0 radical (unpaired) electrons. The van der Waals surface area contributed by atoms with Crippen molar-refractivity contribution < 1.29 is 9.52 Å². The average Bonchev–Trinajstić information content (AvgIpc) is 3.52. The van der Waals surface area contributed by atoms with E-state index in [-0.39, 0.29) is 12.6 Å². The largest absolute Gasteiger partial charge is 0.454 e. The maximum absolute atomic E-state index is 9.52. The molecule has 4 heterocycles. The number of nitrogens with zero attached hydrogens (tertiary/aromatic N) is 4. The van der Waals surface area contributed by atoms with Crippen LogP contribution in [0.5, 0.6) is 0 Å². The maximum atomic E-state index is 9.52. The molecule has 8 nitrogen and oxygen atoms in total. The zero-order valence-corrected chi connectivity index (χ0v) is 18.0. The number of anilines is 2. The predicted octanol–water partition coefficient (Wildman–Crippen LogP) is 4.23. The fraction of sp³-hybridized carbons (Fsp3) is 0.364. The summed E-state index contributed by atoms with van der Waals surface area (Å²) in [5.41, 5.74) is 2.40. The number of aryl methyl sites for hydroxylation is 1. The number of aromatic nitrogens is 4. The molecule has 2 atom stereocenters. The van der Waals surface area contributed by atoms with Gasteiger partial charge >= 0.3 is 0 Å². The van der Waals surface area contributed by atoms with Gasteiger partial charge in [-0.3, -0.25) is 4.98 Å². The van der Waals surface area contributed by atoms with Gasteiger partial charge in [-0.25, -0.2) is 9.97 Å². The summed E-state index contributed by atoms with van der Waals surface area (Å²) in [6.45, 7) is 2.76. The molecule has 4 aromatic heterocycles. The Bertz CT molecular complexity index is 1140. The minimum absolute atomic E-state index is 0.227. The van der Waals surface area contributed by atoms with Gasteiger partial charge in [-0.15, -0.1) is 11.3 Å². The third-order valence-electron chi connectivity index (χ3n) is 5.68. The first-order chi connectivity index (χ1) is 15.2. The molecule has 1 aliphatic carbocycles. The van der Waals surface area contributed by atoms with E-state index in [0.717, 1.165) is 52.3 Å². The average molecular weight is 437 g/mol. The van der Waals surface area contributed by atoms with Crippen LogP contribution in [-0.4, -0.2) is 37.7 Å². The molecule has 4 aromatic rings. The molecule has 31 heavy (non-hydrogen) atoms. The number of pyridine rings is 1. The predicted molar refractivity (Wildman–Crippen MR) is 121 cm³/mol. The smallest absolute Gasteiger partial charge is 0.225 e. The van der Waals surface area contributed by atoms with Crippen LogP contribution in [0, 0.1) is 12.8 Å². The number of aliphatic hydroxyl groups is 1. The van der Waals surface area contributed by atoms with Crippen molar-refractivity contribution in [1.82, 2.24) is 19.9 Å². The molecule has 0 aliphatic heterocycles. The van der Waals surface area contributed by atoms with Crippen LogP contribution in [0.1, 0.15) is 30.0 Å². The van der Waals surface area contributed by atoms with Gasteiger partial charge in [0.05, 0.1) is 24.0 Å². The quantitative estimate of drug-likeness (QED) is 0.395. The zero-order valence-electron chi connectivity index (χ0n) is 17.2. The van der Waals surface area contributed by atoms with E-state index >= 15 is 0 Å². The molecule has 1 aliphatic rings. The second-order valence-corrected chi connectivity index (χ2v) is 8.84. The zero-order chi connectivity index (χ0) is 21.2. The second-order valence-electron chi connectivity index (χ2n) is 7.86. The van der Waals surface area contributed by atoms with Gasteiger partial charge in [0, 0.05) is 35.8 Å². The summed E-state index contributed by atoms with van der Waals surface area (Å²) in [4.78, 5) is 17.9. The third kappa shape index (κ3) is 4.24. The van der Waals surface area contributed by atoms with Crippen LogP contribution in [-0.2, 0) is 6.54 Å². The molecular weight excluding hydrogens is 412 g/mol. The van der Waals surface area contributed by atoms with E-state index in [1.54, 1.807) is 29.9 Å². The lowest BCUT2D eigenvalue weighted by Gasteiger charge is -2.18. The molecule has 0 bridgehead atoms. The highest BCUT2D eigenvalue weighted by molar-refractivity contribution is 7.09. The molecule has 160 valence electrons. The van der Waals surface area contributed by atoms with E-state index in [1.807, 2.05) is 24.4 Å². The molecule has 0 amide bonds. The summed E-state index contributed by atoms with van der Waals surface area (Å²) in [6, 6.07) is 4.18. The van der Waals surface area contributed by atoms with Gasteiger partial charge in [0.2, 0.25) is 5.95 Å². The van der Waals surface area contributed by atoms with Crippen LogP contribution in [0.25, 0.3) is 22.3 Å². The monoisotopic (exact) mass is 436 g/mol. The first kappa shape index (κ1) is 19.9. The summed E-state index contributed by atoms with van der Waals surface area (Å²) in [5.74, 6) is 2.34. The molecule has 0 saturated heterocycles. The van der Waals surface area contributed by atoms with E-state index in [0.29, 0.717) is 24.2 Å². The van der Waals surface area contributed by atoms with Gasteiger partial charge in [-0.1, -0.05) is 0 Å². The molecule has 9 heteroatoms. The fourth-order valence-corrected chi connectivity index (χ4v) is 4.68. The summed E-state index contributed by atoms with van der Waals surface area (Å²) in [6.07, 6.45) is 8.19. The minimum Gasteiger partial charge on any atom is -0.454 e. The van der Waals surface area contributed by atoms with Gasteiger partial charge in [0.25, 0.3) is 0 Å². The standard InChI is InChI=1S/C22H24N6O2S/c1-13-20(17-9-15-4-5-23-10-18(15)30-17)21(27-16-3-2-14(8-16)12-29)28-22(26-13)25-11-19-24-6-7-31-19/h4-7,9-10,14,16,29H,2-3,8,11-12H2,1H3,(H2,25,26,27,28)/t14?,16-/m0/s1. The first-order valence-corrected chi connectivity index (χ1v) is 11.3. The van der Waals surface area contributed by atoms with Crippen molar-refractivity contribution in [3.05, 3.63) is 46.8 Å². The first-order valence-electron chi connectivity index (χ1n) is 10.4. The number of rotatable bonds is 7. The number of fused-ring (bicyclic) bond motifs is 1. The van der Waals surface area contributed by atoms with Crippen molar-refractivity contribution in [2.24, 2.45) is 5.92 Å². The molecule has 1 saturated carbocycles. The van der Waals surface area contributed by atoms with E-state index in [1.165, 1.54) is 0 Å². The number of nitrogens with one attached hydrogen (secondary N) is 2. The summed E-state index contributed by atoms with van der Waals surface area (Å²) < 4.78 is 6.09. The van der Waals surface area contributed by atoms with E-state index in [9.17, 15) is 5.11 Å². The van der Waals surface area contributed by atoms with Crippen LogP contribution in [0.15, 0.2) is 40.5 Å². The highest BCUT2D eigenvalue weighted by Gasteiger charge is 2.26. The molecule has 0 aromatic carbocycles. The number of hydrogen-bond donors (Lipinski definition) is 3. The minimum atomic E-state index is 0.227. The summed E-state index contributed by atoms with van der Waals surface area (Å²) >= 11 is 1.59. The van der Waals surface area contributed by atoms with Gasteiger partial charge in [0.15, 0.2) is 5.58 Å². The molecule has 5 rings (SSSR count). The fourth-order valence-electron chi connectivity index (χ4n) is 4.12. The summed E-state index contributed by atoms with van der Waals surface area (Å²) in [5, 5.41) is 20.3. The van der Waals surface area contributed by atoms with Crippen molar-refractivity contribution in [1.29, 1.82) is 0 Å². The van der Waals surface area contributed by atoms with Crippen molar-refractivity contribution in [3.63, 3.8) is 0 Å². The Morgan fingerprint density at radius 3 is 2.97 bits per heavy atom. The lowest BCUT2D eigenvalue weighted by molar-refractivity contribution is 0.229. The van der Waals surface area contributed by atoms with E-state index < -0.39 is 0 Å². The topological polar surface area (TPSA) is 109 Å². The molecule has 0 spiro atoms. The highest BCUT2D eigenvalue weighted by atomic mass is 32.1. The van der Waals surface area contributed by atoms with Crippen molar-refractivity contribution >= 4 is 34.1 Å². The Kier molecular flexibility index (Phi) is 5.52. The van der Waals surface area contributed by atoms with Crippen LogP contribution in [0.4, 0.5) is 11.8 Å². The van der Waals surface area contributed by atoms with Gasteiger partial charge in [-0.2, -0.15) is 4.98 Å². The lowest BCUT2D eigenvalue weighted by Crippen LogP contribution is -2.19. The van der Waals surface area contributed by atoms with E-state index in [2.05, 4.69) is 25.6 Å². The van der Waals surface area contributed by atoms with Crippen molar-refractivity contribution in [2.45, 2.75) is 38.8 Å². The Morgan fingerprint density at radius 2 is 2.19 bits per heavy atom. The second kappa shape index (κ2) is 8.60. The molecule has 3 N–H and O–H groups in total. The van der Waals surface area contributed by atoms with Gasteiger partial charge in [-0.05, 0) is 44.2 Å². The molecule has 1 unspecified atom stereocenters. The number of thiazole rings is 1. The Labute approximate surface area is 183 Å². The number of aliphatic hydroxyl groups excluding tert-OH is 1. The SMILES string of the molecule is Cc1nc(NCc2nccs2)nc(N[C@H]2CCC(CO)C2)c1-c1cc2ccncc2o1. The lowest BCUT2D eigenvalue weighted by atomic mass is 10.1. The summed E-state index contributed by atoms with van der Waals surface area (Å²) in [7, 11) is 0. The van der Waals surface area contributed by atoms with Crippen LogP contribution in [0.2, 0.25) is 0 Å². The maximum Gasteiger partial charge on any atom is 0.225 e. The van der Waals surface area contributed by atoms with E-state index in [4.69, 9.17) is 9.40 Å². The van der Waals surface area contributed by atoms with Gasteiger partial charge in [0.1, 0.15) is 16.6 Å². The van der Waals surface area contributed by atoms with Gasteiger partial charge < -0.3 is 20.2 Å². The molecular formula is C22H24N6O2S. The van der Waals surface area contributed by atoms with Crippen LogP contribution >= 0.6 is 11.3 Å². The number of furan rings is 1.